The molecule has 0 amide bonds. The summed E-state index contributed by atoms with van der Waals surface area (Å²) < 4.78 is 2.06. The lowest BCUT2D eigenvalue weighted by Crippen LogP contribution is -2.25. The molecular formula is C12H18N4S. The second-order valence-corrected chi connectivity index (χ2v) is 5.33. The summed E-state index contributed by atoms with van der Waals surface area (Å²) in [7, 11) is 2.02. The average molecular weight is 250 g/mol. The molecule has 2 aromatic heterocycles. The fourth-order valence-electron chi connectivity index (χ4n) is 1.77. The number of hydrogen-bond donors (Lipinski definition) is 1. The number of imidazole rings is 1. The third-order valence-corrected chi connectivity index (χ3v) is 3.62. The van der Waals surface area contributed by atoms with Gasteiger partial charge in [-0.15, -0.1) is 11.3 Å². The number of hydrogen-bond acceptors (Lipinski definition) is 4. The van der Waals surface area contributed by atoms with Crippen LogP contribution in [-0.2, 0) is 7.05 Å². The SMILES string of the molecule is CCCNC(c1cnc(C)s1)c1nccn1C. The highest BCUT2D eigenvalue weighted by atomic mass is 32.1. The van der Waals surface area contributed by atoms with Crippen molar-refractivity contribution in [2.45, 2.75) is 26.3 Å². The second kappa shape index (κ2) is 5.42. The van der Waals surface area contributed by atoms with E-state index in [1.54, 1.807) is 11.3 Å². The Morgan fingerprint density at radius 2 is 2.29 bits per heavy atom. The first-order valence-electron chi connectivity index (χ1n) is 5.85. The van der Waals surface area contributed by atoms with Crippen molar-refractivity contribution in [2.24, 2.45) is 7.05 Å². The molecule has 0 fully saturated rings. The molecule has 0 aliphatic rings. The normalized spacial score (nSPS) is 12.9. The van der Waals surface area contributed by atoms with Crippen LogP contribution in [0.5, 0.6) is 0 Å². The average Bonchev–Trinajstić information content (AvgIpc) is 2.90. The van der Waals surface area contributed by atoms with Gasteiger partial charge >= 0.3 is 0 Å². The number of aryl methyl sites for hydroxylation is 2. The lowest BCUT2D eigenvalue weighted by Gasteiger charge is -2.16. The quantitative estimate of drug-likeness (QED) is 0.885. The number of nitrogens with one attached hydrogen (secondary N) is 1. The molecule has 5 heteroatoms. The molecule has 1 atom stereocenters. The molecule has 2 heterocycles. The third-order valence-electron chi connectivity index (χ3n) is 2.64. The highest BCUT2D eigenvalue weighted by Crippen LogP contribution is 2.25. The van der Waals surface area contributed by atoms with Gasteiger partial charge < -0.3 is 9.88 Å². The van der Waals surface area contributed by atoms with Crippen LogP contribution in [0.2, 0.25) is 0 Å². The Labute approximate surface area is 106 Å². The predicted molar refractivity (Wildman–Crippen MR) is 70.2 cm³/mol. The maximum Gasteiger partial charge on any atom is 0.131 e. The Morgan fingerprint density at radius 1 is 1.47 bits per heavy atom. The predicted octanol–water partition coefficient (Wildman–Crippen LogP) is 2.27. The van der Waals surface area contributed by atoms with Crippen LogP contribution in [0.3, 0.4) is 0 Å². The van der Waals surface area contributed by atoms with Gasteiger partial charge in [0.25, 0.3) is 0 Å². The monoisotopic (exact) mass is 250 g/mol. The van der Waals surface area contributed by atoms with Gasteiger partial charge in [-0.05, 0) is 19.9 Å². The maximum atomic E-state index is 4.43. The Hall–Kier alpha value is -1.20. The number of nitrogens with zero attached hydrogens (tertiary/aromatic N) is 3. The van der Waals surface area contributed by atoms with Crippen LogP contribution in [-0.4, -0.2) is 21.1 Å². The molecule has 0 saturated heterocycles. The van der Waals surface area contributed by atoms with Crippen LogP contribution in [0.15, 0.2) is 18.6 Å². The fraction of sp³-hybridized carbons (Fsp3) is 0.500. The molecule has 0 radical (unpaired) electrons. The summed E-state index contributed by atoms with van der Waals surface area (Å²) >= 11 is 1.73. The van der Waals surface area contributed by atoms with Crippen molar-refractivity contribution >= 4 is 11.3 Å². The van der Waals surface area contributed by atoms with E-state index >= 15 is 0 Å². The highest BCUT2D eigenvalue weighted by molar-refractivity contribution is 7.11. The zero-order valence-corrected chi connectivity index (χ0v) is 11.3. The third kappa shape index (κ3) is 2.73. The van der Waals surface area contributed by atoms with Gasteiger partial charge in [0.1, 0.15) is 11.9 Å². The van der Waals surface area contributed by atoms with Gasteiger partial charge in [-0.1, -0.05) is 6.92 Å². The van der Waals surface area contributed by atoms with E-state index in [2.05, 4.69) is 26.8 Å². The summed E-state index contributed by atoms with van der Waals surface area (Å²) in [5, 5.41) is 4.62. The summed E-state index contributed by atoms with van der Waals surface area (Å²) in [6.07, 6.45) is 6.87. The Morgan fingerprint density at radius 3 is 2.82 bits per heavy atom. The number of thiazole rings is 1. The van der Waals surface area contributed by atoms with E-state index in [4.69, 9.17) is 0 Å². The molecule has 0 spiro atoms. The summed E-state index contributed by atoms with van der Waals surface area (Å²) in [5.74, 6) is 1.04. The van der Waals surface area contributed by atoms with Crippen molar-refractivity contribution < 1.29 is 0 Å². The molecule has 1 unspecified atom stereocenters. The Bertz CT molecular complexity index is 474. The first-order valence-corrected chi connectivity index (χ1v) is 6.67. The molecule has 0 aromatic carbocycles. The molecule has 4 nitrogen and oxygen atoms in total. The molecule has 0 saturated carbocycles. The van der Waals surface area contributed by atoms with Crippen molar-refractivity contribution in [1.82, 2.24) is 19.9 Å². The number of rotatable bonds is 5. The maximum absolute atomic E-state index is 4.43. The topological polar surface area (TPSA) is 42.7 Å². The van der Waals surface area contributed by atoms with Crippen LogP contribution in [0, 0.1) is 6.92 Å². The van der Waals surface area contributed by atoms with Crippen LogP contribution < -0.4 is 5.32 Å². The van der Waals surface area contributed by atoms with Crippen molar-refractivity contribution in [1.29, 1.82) is 0 Å². The van der Waals surface area contributed by atoms with E-state index in [-0.39, 0.29) is 6.04 Å². The van der Waals surface area contributed by atoms with Crippen LogP contribution in [0.4, 0.5) is 0 Å². The summed E-state index contributed by atoms with van der Waals surface area (Å²) in [4.78, 5) is 9.99. The van der Waals surface area contributed by atoms with Gasteiger partial charge in [-0.25, -0.2) is 9.97 Å². The minimum atomic E-state index is 0.154. The largest absolute Gasteiger partial charge is 0.336 e. The van der Waals surface area contributed by atoms with Crippen molar-refractivity contribution in [3.05, 3.63) is 34.3 Å². The van der Waals surface area contributed by atoms with Crippen LogP contribution >= 0.6 is 11.3 Å². The smallest absolute Gasteiger partial charge is 0.131 e. The summed E-state index contributed by atoms with van der Waals surface area (Å²) in [5.41, 5.74) is 0. The van der Waals surface area contributed by atoms with E-state index in [1.807, 2.05) is 32.6 Å². The van der Waals surface area contributed by atoms with E-state index < -0.39 is 0 Å². The van der Waals surface area contributed by atoms with Gasteiger partial charge in [0.05, 0.1) is 5.01 Å². The summed E-state index contributed by atoms with van der Waals surface area (Å²) in [6, 6.07) is 0.154. The Kier molecular flexibility index (Phi) is 3.91. The first-order chi connectivity index (χ1) is 8.22. The molecule has 2 aromatic rings. The molecule has 17 heavy (non-hydrogen) atoms. The lowest BCUT2D eigenvalue weighted by molar-refractivity contribution is 0.561. The minimum absolute atomic E-state index is 0.154. The molecule has 0 bridgehead atoms. The van der Waals surface area contributed by atoms with Crippen molar-refractivity contribution in [3.8, 4) is 0 Å². The van der Waals surface area contributed by atoms with E-state index in [1.165, 1.54) is 4.88 Å². The first kappa shape index (κ1) is 12.3. The summed E-state index contributed by atoms with van der Waals surface area (Å²) in [6.45, 7) is 5.18. The molecule has 0 aliphatic heterocycles. The van der Waals surface area contributed by atoms with Gasteiger partial charge in [-0.3, -0.25) is 0 Å². The van der Waals surface area contributed by atoms with Crippen LogP contribution in [0.25, 0.3) is 0 Å². The molecule has 2 rings (SSSR count). The van der Waals surface area contributed by atoms with E-state index in [9.17, 15) is 0 Å². The zero-order chi connectivity index (χ0) is 12.3. The standard InChI is InChI=1S/C12H18N4S/c1-4-5-13-11(10-8-15-9(2)17-10)12-14-6-7-16(12)3/h6-8,11,13H,4-5H2,1-3H3. The van der Waals surface area contributed by atoms with Gasteiger partial charge in [0.15, 0.2) is 0 Å². The zero-order valence-electron chi connectivity index (χ0n) is 10.5. The van der Waals surface area contributed by atoms with Gasteiger partial charge in [0.2, 0.25) is 0 Å². The molecular weight excluding hydrogens is 232 g/mol. The minimum Gasteiger partial charge on any atom is -0.336 e. The Balaban J connectivity index is 2.28. The van der Waals surface area contributed by atoms with Gasteiger partial charge in [-0.2, -0.15) is 0 Å². The van der Waals surface area contributed by atoms with E-state index in [0.717, 1.165) is 23.8 Å². The molecule has 0 aliphatic carbocycles. The number of aromatic nitrogens is 3. The second-order valence-electron chi connectivity index (χ2n) is 4.07. The van der Waals surface area contributed by atoms with Crippen molar-refractivity contribution in [2.75, 3.05) is 6.54 Å². The van der Waals surface area contributed by atoms with E-state index in [0.29, 0.717) is 0 Å². The molecule has 92 valence electrons. The highest BCUT2D eigenvalue weighted by Gasteiger charge is 2.19. The lowest BCUT2D eigenvalue weighted by atomic mass is 10.2. The fourth-order valence-corrected chi connectivity index (χ4v) is 2.63. The molecule has 1 N–H and O–H groups in total. The van der Waals surface area contributed by atoms with Gasteiger partial charge in [0, 0.05) is 30.5 Å². The van der Waals surface area contributed by atoms with Crippen molar-refractivity contribution in [3.63, 3.8) is 0 Å². The van der Waals surface area contributed by atoms with Crippen LogP contribution in [0.1, 0.15) is 35.1 Å².